The van der Waals surface area contributed by atoms with E-state index < -0.39 is 0 Å². The maximum absolute atomic E-state index is 5.58. The van der Waals surface area contributed by atoms with Gasteiger partial charge in [0.05, 0.1) is 45.0 Å². The lowest BCUT2D eigenvalue weighted by atomic mass is 9.90. The van der Waals surface area contributed by atoms with Gasteiger partial charge < -0.3 is 0 Å². The average molecular weight is 766 g/mol. The number of hydrogen-bond donors (Lipinski definition) is 0. The highest BCUT2D eigenvalue weighted by Gasteiger charge is 2.22. The Bertz CT molecular complexity index is 3260. The van der Waals surface area contributed by atoms with Crippen molar-refractivity contribution >= 4 is 32.7 Å². The summed E-state index contributed by atoms with van der Waals surface area (Å²) in [6.45, 7) is 0. The highest BCUT2D eigenvalue weighted by molar-refractivity contribution is 6.25. The molecule has 60 heavy (non-hydrogen) atoms. The highest BCUT2D eigenvalue weighted by Crippen LogP contribution is 2.44. The predicted octanol–water partition coefficient (Wildman–Crippen LogP) is 13.8. The van der Waals surface area contributed by atoms with Crippen molar-refractivity contribution in [3.63, 3.8) is 0 Å². The van der Waals surface area contributed by atoms with Gasteiger partial charge in [0.1, 0.15) is 0 Å². The summed E-state index contributed by atoms with van der Waals surface area (Å²) in [5.41, 5.74) is 14.9. The molecule has 0 aliphatic carbocycles. The molecule has 11 rings (SSSR count). The Kier molecular flexibility index (Phi) is 8.75. The summed E-state index contributed by atoms with van der Waals surface area (Å²) >= 11 is 0. The van der Waals surface area contributed by atoms with Crippen LogP contribution in [-0.4, -0.2) is 24.9 Å². The number of benzene rings is 8. The van der Waals surface area contributed by atoms with Crippen LogP contribution in [0.1, 0.15) is 0 Å². The van der Waals surface area contributed by atoms with Gasteiger partial charge in [0.25, 0.3) is 0 Å². The molecule has 8 aromatic carbocycles. The Hall–Kier alpha value is -8.15. The van der Waals surface area contributed by atoms with Crippen LogP contribution in [0.5, 0.6) is 0 Å². The fourth-order valence-corrected chi connectivity index (χ4v) is 8.18. The number of aromatic nitrogens is 5. The second-order valence-electron chi connectivity index (χ2n) is 14.8. The molecule has 5 heteroatoms. The van der Waals surface area contributed by atoms with Crippen LogP contribution in [0.25, 0.3) is 112 Å². The number of fused-ring (bicyclic) bond motifs is 5. The van der Waals surface area contributed by atoms with Crippen LogP contribution in [-0.2, 0) is 0 Å². The standard InChI is InChI=1S/C55H35N5/c1-6-18-37(19-7-1)46-35-47(59-55(58-46)42-26-14-5-15-27-42)38-32-30-36(31-33-38)44-34-48-54(60-53(41-24-12-4-13-25-41)52(57-48)40-22-10-3-11-23-40)50-49(44)43-28-16-17-29-45(43)56-51(50)39-20-8-2-9-21-39/h1-35H. The summed E-state index contributed by atoms with van der Waals surface area (Å²) < 4.78 is 0. The topological polar surface area (TPSA) is 64.5 Å². The number of hydrogen-bond acceptors (Lipinski definition) is 5. The Morgan fingerprint density at radius 3 is 1.28 bits per heavy atom. The van der Waals surface area contributed by atoms with Gasteiger partial charge in [-0.3, -0.25) is 0 Å². The van der Waals surface area contributed by atoms with Crippen LogP contribution < -0.4 is 0 Å². The minimum absolute atomic E-state index is 0.687. The molecular weight excluding hydrogens is 731 g/mol. The number of pyridine rings is 1. The van der Waals surface area contributed by atoms with Crippen LogP contribution in [0.15, 0.2) is 212 Å². The molecule has 0 fully saturated rings. The third kappa shape index (κ3) is 6.35. The zero-order valence-electron chi connectivity index (χ0n) is 32.4. The first-order valence-corrected chi connectivity index (χ1v) is 20.1. The van der Waals surface area contributed by atoms with Crippen molar-refractivity contribution in [3.05, 3.63) is 212 Å². The Labute approximate surface area is 347 Å². The lowest BCUT2D eigenvalue weighted by Gasteiger charge is -2.18. The Balaban J connectivity index is 1.18. The SMILES string of the molecule is c1ccc(-c2cc(-c3ccc(-c4cc5nc(-c6ccccc6)c(-c6ccccc6)nc5c5c(-c6ccccc6)nc6ccccc6c45)cc3)nc(-c3ccccc3)n2)cc1. The second-order valence-corrected chi connectivity index (χ2v) is 14.8. The van der Waals surface area contributed by atoms with E-state index in [1.54, 1.807) is 0 Å². The molecule has 0 aliphatic heterocycles. The number of rotatable bonds is 7. The van der Waals surface area contributed by atoms with E-state index in [4.69, 9.17) is 24.9 Å². The summed E-state index contributed by atoms with van der Waals surface area (Å²) in [5, 5.41) is 3.11. The van der Waals surface area contributed by atoms with E-state index in [0.717, 1.165) is 106 Å². The maximum Gasteiger partial charge on any atom is 0.160 e. The normalized spacial score (nSPS) is 11.3. The largest absolute Gasteiger partial charge is 0.247 e. The molecule has 0 N–H and O–H groups in total. The van der Waals surface area contributed by atoms with Crippen LogP contribution in [0.2, 0.25) is 0 Å². The summed E-state index contributed by atoms with van der Waals surface area (Å²) in [6, 6.07) is 73.0. The van der Waals surface area contributed by atoms with Crippen molar-refractivity contribution in [2.45, 2.75) is 0 Å². The van der Waals surface area contributed by atoms with Crippen molar-refractivity contribution in [3.8, 4) is 78.8 Å². The van der Waals surface area contributed by atoms with E-state index in [9.17, 15) is 0 Å². The molecule has 0 spiro atoms. The quantitative estimate of drug-likeness (QED) is 0.151. The van der Waals surface area contributed by atoms with Gasteiger partial charge in [-0.05, 0) is 29.3 Å². The lowest BCUT2D eigenvalue weighted by molar-refractivity contribution is 1.18. The van der Waals surface area contributed by atoms with E-state index in [0.29, 0.717) is 5.82 Å². The molecule has 0 saturated heterocycles. The highest BCUT2D eigenvalue weighted by atomic mass is 14.9. The molecule has 11 aromatic rings. The molecule has 0 aliphatic rings. The lowest BCUT2D eigenvalue weighted by Crippen LogP contribution is -2.00. The van der Waals surface area contributed by atoms with Crippen LogP contribution in [0, 0.1) is 0 Å². The van der Waals surface area contributed by atoms with Gasteiger partial charge in [0.2, 0.25) is 0 Å². The maximum atomic E-state index is 5.58. The van der Waals surface area contributed by atoms with Gasteiger partial charge in [0, 0.05) is 49.5 Å². The molecule has 3 aromatic heterocycles. The fourth-order valence-electron chi connectivity index (χ4n) is 8.18. The summed E-state index contributed by atoms with van der Waals surface area (Å²) in [5.74, 6) is 0.687. The summed E-state index contributed by atoms with van der Waals surface area (Å²) in [4.78, 5) is 26.6. The first kappa shape index (κ1) is 35.0. The summed E-state index contributed by atoms with van der Waals surface area (Å²) in [6.07, 6.45) is 0. The van der Waals surface area contributed by atoms with Crippen molar-refractivity contribution < 1.29 is 0 Å². The van der Waals surface area contributed by atoms with Crippen LogP contribution in [0.3, 0.4) is 0 Å². The Morgan fingerprint density at radius 2 is 0.700 bits per heavy atom. The summed E-state index contributed by atoms with van der Waals surface area (Å²) in [7, 11) is 0. The van der Waals surface area contributed by atoms with E-state index >= 15 is 0 Å². The molecule has 5 nitrogen and oxygen atoms in total. The van der Waals surface area contributed by atoms with Crippen LogP contribution in [0.4, 0.5) is 0 Å². The smallest absolute Gasteiger partial charge is 0.160 e. The third-order valence-corrected chi connectivity index (χ3v) is 11.1. The van der Waals surface area contributed by atoms with E-state index in [1.165, 1.54) is 0 Å². The van der Waals surface area contributed by atoms with Crippen molar-refractivity contribution in [1.29, 1.82) is 0 Å². The average Bonchev–Trinajstić information content (AvgIpc) is 3.34. The van der Waals surface area contributed by atoms with Crippen LogP contribution >= 0.6 is 0 Å². The van der Waals surface area contributed by atoms with Gasteiger partial charge >= 0.3 is 0 Å². The number of nitrogens with zero attached hydrogens (tertiary/aromatic N) is 5. The molecule has 0 saturated carbocycles. The zero-order chi connectivity index (χ0) is 39.8. The third-order valence-electron chi connectivity index (χ3n) is 11.1. The van der Waals surface area contributed by atoms with E-state index in [-0.39, 0.29) is 0 Å². The first-order valence-electron chi connectivity index (χ1n) is 20.1. The molecule has 280 valence electrons. The predicted molar refractivity (Wildman–Crippen MR) is 246 cm³/mol. The van der Waals surface area contributed by atoms with Gasteiger partial charge in [-0.1, -0.05) is 194 Å². The zero-order valence-corrected chi connectivity index (χ0v) is 32.4. The van der Waals surface area contributed by atoms with Crippen molar-refractivity contribution in [2.75, 3.05) is 0 Å². The minimum atomic E-state index is 0.687. The molecule has 0 radical (unpaired) electrons. The van der Waals surface area contributed by atoms with Gasteiger partial charge in [-0.2, -0.15) is 0 Å². The molecule has 0 amide bonds. The fraction of sp³-hybridized carbons (Fsp3) is 0. The number of para-hydroxylation sites is 1. The molecule has 0 bridgehead atoms. The molecule has 3 heterocycles. The Morgan fingerprint density at radius 1 is 0.267 bits per heavy atom. The van der Waals surface area contributed by atoms with E-state index in [2.05, 4.69) is 158 Å². The molecular formula is C55H35N5. The molecule has 0 unspecified atom stereocenters. The minimum Gasteiger partial charge on any atom is -0.247 e. The monoisotopic (exact) mass is 765 g/mol. The first-order chi connectivity index (χ1) is 29.7. The van der Waals surface area contributed by atoms with Gasteiger partial charge in [-0.25, -0.2) is 24.9 Å². The van der Waals surface area contributed by atoms with Crippen molar-refractivity contribution in [2.24, 2.45) is 0 Å². The molecule has 0 atom stereocenters. The second kappa shape index (κ2) is 15.0. The van der Waals surface area contributed by atoms with E-state index in [1.807, 2.05) is 54.6 Å². The van der Waals surface area contributed by atoms with Gasteiger partial charge in [-0.15, -0.1) is 0 Å². The van der Waals surface area contributed by atoms with Gasteiger partial charge in [0.15, 0.2) is 5.82 Å². The van der Waals surface area contributed by atoms with Crippen molar-refractivity contribution in [1.82, 2.24) is 24.9 Å².